The Labute approximate surface area is 93.7 Å². The van der Waals surface area contributed by atoms with E-state index < -0.39 is 9.05 Å². The molecule has 0 saturated heterocycles. The Hall–Kier alpha value is -0.550. The fourth-order valence-electron chi connectivity index (χ4n) is 1.53. The van der Waals surface area contributed by atoms with Gasteiger partial charge >= 0.3 is 0 Å². The predicted octanol–water partition coefficient (Wildman–Crippen LogP) is 2.27. The number of halogens is 1. The van der Waals surface area contributed by atoms with Crippen LogP contribution in [0.3, 0.4) is 0 Å². The van der Waals surface area contributed by atoms with Crippen LogP contribution in [0.15, 0.2) is 11.1 Å². The van der Waals surface area contributed by atoms with Gasteiger partial charge in [-0.25, -0.2) is 8.42 Å². The molecule has 0 N–H and O–H groups in total. The van der Waals surface area contributed by atoms with Crippen LogP contribution in [0.5, 0.6) is 0 Å². The molecule has 0 atom stereocenters. The minimum atomic E-state index is -3.69. The fraction of sp³-hybridized carbons (Fsp3) is 0.667. The predicted molar refractivity (Wildman–Crippen MR) is 57.6 cm³/mol. The van der Waals surface area contributed by atoms with E-state index in [1.165, 1.54) is 4.68 Å². The molecule has 1 aromatic rings. The van der Waals surface area contributed by atoms with Crippen LogP contribution in [0.1, 0.15) is 44.3 Å². The van der Waals surface area contributed by atoms with Crippen molar-refractivity contribution in [1.82, 2.24) is 9.78 Å². The average Bonchev–Trinajstić information content (AvgIpc) is 2.81. The highest BCUT2D eigenvalue weighted by molar-refractivity contribution is 8.13. The highest BCUT2D eigenvalue weighted by atomic mass is 35.7. The van der Waals surface area contributed by atoms with E-state index in [1.807, 2.05) is 13.8 Å². The largest absolute Gasteiger partial charge is 0.278 e. The molecule has 1 aliphatic rings. The summed E-state index contributed by atoms with van der Waals surface area (Å²) in [7, 11) is 1.67. The summed E-state index contributed by atoms with van der Waals surface area (Å²) in [5.41, 5.74) is 0.850. The summed E-state index contributed by atoms with van der Waals surface area (Å²) in [5, 5.41) is 4.40. The molecule has 1 aromatic heterocycles. The summed E-state index contributed by atoms with van der Waals surface area (Å²) in [6.07, 6.45) is 2.19. The second kappa shape index (κ2) is 3.49. The van der Waals surface area contributed by atoms with Gasteiger partial charge in [-0.05, 0) is 32.8 Å². The highest BCUT2D eigenvalue weighted by Gasteiger charge is 2.30. The molecule has 0 aliphatic heterocycles. The first-order chi connectivity index (χ1) is 6.89. The Kier molecular flexibility index (Phi) is 2.55. The zero-order chi connectivity index (χ0) is 11.2. The van der Waals surface area contributed by atoms with E-state index in [1.54, 1.807) is 6.07 Å². The third-order valence-corrected chi connectivity index (χ3v) is 3.73. The van der Waals surface area contributed by atoms with Gasteiger partial charge in [0.1, 0.15) is 0 Å². The normalized spacial score (nSPS) is 17.3. The SMILES string of the molecule is CC(C)n1nc(C2CC2)cc1S(=O)(=O)Cl. The van der Waals surface area contributed by atoms with E-state index in [0.717, 1.165) is 18.5 Å². The molecule has 1 heterocycles. The Bertz CT molecular complexity index is 474. The van der Waals surface area contributed by atoms with Crippen molar-refractivity contribution < 1.29 is 8.42 Å². The van der Waals surface area contributed by atoms with Gasteiger partial charge in [0.05, 0.1) is 5.69 Å². The van der Waals surface area contributed by atoms with Gasteiger partial charge < -0.3 is 0 Å². The van der Waals surface area contributed by atoms with E-state index in [4.69, 9.17) is 10.7 Å². The molecule has 0 bridgehead atoms. The van der Waals surface area contributed by atoms with Gasteiger partial charge in [-0.15, -0.1) is 0 Å². The molecule has 0 amide bonds. The summed E-state index contributed by atoms with van der Waals surface area (Å²) in [6, 6.07) is 1.60. The first kappa shape index (κ1) is 11.0. The van der Waals surface area contributed by atoms with Crippen LogP contribution in [0.2, 0.25) is 0 Å². The molecule has 2 rings (SSSR count). The Morgan fingerprint density at radius 2 is 2.13 bits per heavy atom. The first-order valence-electron chi connectivity index (χ1n) is 4.93. The molecule has 15 heavy (non-hydrogen) atoms. The van der Waals surface area contributed by atoms with Crippen molar-refractivity contribution in [2.24, 2.45) is 0 Å². The van der Waals surface area contributed by atoms with Crippen LogP contribution in [-0.2, 0) is 9.05 Å². The number of hydrogen-bond donors (Lipinski definition) is 0. The zero-order valence-corrected chi connectivity index (χ0v) is 10.2. The molecular weight excluding hydrogens is 236 g/mol. The molecule has 4 nitrogen and oxygen atoms in total. The lowest BCUT2D eigenvalue weighted by molar-refractivity contribution is 0.478. The zero-order valence-electron chi connectivity index (χ0n) is 8.64. The molecule has 1 saturated carbocycles. The first-order valence-corrected chi connectivity index (χ1v) is 7.24. The summed E-state index contributed by atoms with van der Waals surface area (Å²) in [5.74, 6) is 0.433. The lowest BCUT2D eigenvalue weighted by atomic mass is 10.3. The molecule has 1 fully saturated rings. The van der Waals surface area contributed by atoms with Crippen LogP contribution in [0.25, 0.3) is 0 Å². The van der Waals surface area contributed by atoms with Crippen molar-refractivity contribution >= 4 is 19.7 Å². The number of rotatable bonds is 3. The second-order valence-corrected chi connectivity index (χ2v) is 6.67. The van der Waals surface area contributed by atoms with E-state index in [-0.39, 0.29) is 11.1 Å². The van der Waals surface area contributed by atoms with Crippen molar-refractivity contribution in [2.75, 3.05) is 0 Å². The lowest BCUT2D eigenvalue weighted by Crippen LogP contribution is -2.09. The van der Waals surface area contributed by atoms with Crippen molar-refractivity contribution in [3.05, 3.63) is 11.8 Å². The molecular formula is C9H13ClN2O2S. The van der Waals surface area contributed by atoms with Crippen LogP contribution in [0, 0.1) is 0 Å². The van der Waals surface area contributed by atoms with Crippen molar-refractivity contribution in [3.63, 3.8) is 0 Å². The van der Waals surface area contributed by atoms with Gasteiger partial charge in [0, 0.05) is 22.6 Å². The smallest absolute Gasteiger partial charge is 0.250 e. The topological polar surface area (TPSA) is 52.0 Å². The number of hydrogen-bond acceptors (Lipinski definition) is 3. The maximum atomic E-state index is 11.3. The second-order valence-electron chi connectivity index (χ2n) is 4.16. The van der Waals surface area contributed by atoms with Gasteiger partial charge in [0.15, 0.2) is 5.03 Å². The summed E-state index contributed by atoms with van der Waals surface area (Å²) < 4.78 is 24.1. The molecule has 1 aliphatic carbocycles. The molecule has 0 aromatic carbocycles. The fourth-order valence-corrected chi connectivity index (χ4v) is 2.61. The van der Waals surface area contributed by atoms with Gasteiger partial charge in [-0.3, -0.25) is 4.68 Å². The third-order valence-electron chi connectivity index (χ3n) is 2.45. The minimum Gasteiger partial charge on any atom is -0.250 e. The molecule has 0 spiro atoms. The number of nitrogens with zero attached hydrogens (tertiary/aromatic N) is 2. The molecule has 0 radical (unpaired) electrons. The summed E-state index contributed by atoms with van der Waals surface area (Å²) >= 11 is 0. The summed E-state index contributed by atoms with van der Waals surface area (Å²) in [6.45, 7) is 3.77. The molecule has 6 heteroatoms. The third kappa shape index (κ3) is 2.18. The standard InChI is InChI=1S/C9H13ClN2O2S/c1-6(2)12-9(15(10,13)14)5-8(11-12)7-3-4-7/h5-7H,3-4H2,1-2H3. The Morgan fingerprint density at radius 3 is 2.47 bits per heavy atom. The number of aromatic nitrogens is 2. The maximum Gasteiger partial charge on any atom is 0.278 e. The van der Waals surface area contributed by atoms with Gasteiger partial charge in [-0.1, -0.05) is 0 Å². The quantitative estimate of drug-likeness (QED) is 0.771. The minimum absolute atomic E-state index is 0.000949. The van der Waals surface area contributed by atoms with E-state index >= 15 is 0 Å². The van der Waals surface area contributed by atoms with Crippen molar-refractivity contribution in [3.8, 4) is 0 Å². The van der Waals surface area contributed by atoms with Crippen LogP contribution in [-0.4, -0.2) is 18.2 Å². The molecule has 0 unspecified atom stereocenters. The maximum absolute atomic E-state index is 11.3. The Balaban J connectivity index is 2.51. The van der Waals surface area contributed by atoms with E-state index in [0.29, 0.717) is 5.92 Å². The van der Waals surface area contributed by atoms with Crippen molar-refractivity contribution in [1.29, 1.82) is 0 Å². The van der Waals surface area contributed by atoms with Crippen LogP contribution in [0.4, 0.5) is 0 Å². The van der Waals surface area contributed by atoms with Crippen molar-refractivity contribution in [2.45, 2.75) is 43.7 Å². The highest BCUT2D eigenvalue weighted by Crippen LogP contribution is 2.40. The van der Waals surface area contributed by atoms with Gasteiger partial charge in [-0.2, -0.15) is 5.10 Å². The molecule has 84 valence electrons. The van der Waals surface area contributed by atoms with Crippen LogP contribution >= 0.6 is 10.7 Å². The monoisotopic (exact) mass is 248 g/mol. The average molecular weight is 249 g/mol. The Morgan fingerprint density at radius 1 is 1.53 bits per heavy atom. The van der Waals surface area contributed by atoms with Crippen LogP contribution < -0.4 is 0 Å². The van der Waals surface area contributed by atoms with E-state index in [2.05, 4.69) is 5.10 Å². The summed E-state index contributed by atoms with van der Waals surface area (Å²) in [4.78, 5) is 0. The van der Waals surface area contributed by atoms with Gasteiger partial charge in [0.2, 0.25) is 0 Å². The lowest BCUT2D eigenvalue weighted by Gasteiger charge is -2.07. The van der Waals surface area contributed by atoms with E-state index in [9.17, 15) is 8.42 Å². The van der Waals surface area contributed by atoms with Gasteiger partial charge in [0.25, 0.3) is 9.05 Å².